The minimum absolute atomic E-state index is 0.0395. The van der Waals surface area contributed by atoms with Gasteiger partial charge in [0, 0.05) is 33.2 Å². The van der Waals surface area contributed by atoms with Gasteiger partial charge in [0.05, 0.1) is 6.10 Å². The van der Waals surface area contributed by atoms with Crippen molar-refractivity contribution in [1.29, 1.82) is 0 Å². The van der Waals surface area contributed by atoms with E-state index in [-0.39, 0.29) is 17.5 Å². The van der Waals surface area contributed by atoms with E-state index >= 15 is 0 Å². The molecule has 0 aromatic carbocycles. The fourth-order valence-electron chi connectivity index (χ4n) is 2.45. The third-order valence-corrected chi connectivity index (χ3v) is 8.20. The number of aliphatic hydroxyl groups is 1. The second kappa shape index (κ2) is 8.58. The number of carbonyl (C=O) groups is 1. The number of hydrogen-bond acceptors (Lipinski definition) is 8. The highest BCUT2D eigenvalue weighted by Gasteiger charge is 2.27. The Hall–Kier alpha value is 0.270. The fourth-order valence-corrected chi connectivity index (χ4v) is 6.53. The van der Waals surface area contributed by atoms with Crippen LogP contribution in [0.4, 0.5) is 4.79 Å². The summed E-state index contributed by atoms with van der Waals surface area (Å²) in [6.07, 6.45) is 6.91. The summed E-state index contributed by atoms with van der Waals surface area (Å²) in [6, 6.07) is 0. The molecule has 5 atom stereocenters. The molecule has 0 radical (unpaired) electrons. The van der Waals surface area contributed by atoms with Crippen LogP contribution >= 0.6 is 47.0 Å². The van der Waals surface area contributed by atoms with Crippen LogP contribution in [-0.2, 0) is 9.47 Å². The molecule has 2 heterocycles. The summed E-state index contributed by atoms with van der Waals surface area (Å²) in [5, 5.41) is 9.66. The molecule has 0 spiro atoms. The normalized spacial score (nSPS) is 37.0. The Kier molecular flexibility index (Phi) is 6.74. The van der Waals surface area contributed by atoms with Crippen molar-refractivity contribution in [2.45, 2.75) is 30.0 Å². The molecule has 23 heavy (non-hydrogen) atoms. The number of allylic oxidation sites excluding steroid dienone is 2. The maximum Gasteiger partial charge on any atom is 0.367 e. The Bertz CT molecular complexity index is 496. The van der Waals surface area contributed by atoms with Gasteiger partial charge in [-0.25, -0.2) is 4.79 Å². The van der Waals surface area contributed by atoms with E-state index < -0.39 is 5.62 Å². The van der Waals surface area contributed by atoms with E-state index in [1.54, 1.807) is 11.8 Å². The first-order valence-corrected chi connectivity index (χ1v) is 11.6. The molecule has 3 rings (SSSR count). The lowest BCUT2D eigenvalue weighted by Gasteiger charge is -2.23. The topological polar surface area (TPSA) is 55.8 Å². The molecule has 0 amide bonds. The Morgan fingerprint density at radius 2 is 2.22 bits per heavy atom. The van der Waals surface area contributed by atoms with Crippen LogP contribution in [0, 0.1) is 5.92 Å². The van der Waals surface area contributed by atoms with Crippen LogP contribution < -0.4 is 0 Å². The van der Waals surface area contributed by atoms with E-state index in [2.05, 4.69) is 25.2 Å². The molecule has 2 saturated heterocycles. The molecule has 0 saturated carbocycles. The molecule has 1 N–H and O–H groups in total. The van der Waals surface area contributed by atoms with Crippen LogP contribution in [0.3, 0.4) is 0 Å². The Morgan fingerprint density at radius 1 is 1.35 bits per heavy atom. The van der Waals surface area contributed by atoms with Crippen molar-refractivity contribution in [3.63, 3.8) is 0 Å². The molecule has 0 aromatic heterocycles. The van der Waals surface area contributed by atoms with Gasteiger partial charge >= 0.3 is 5.30 Å². The van der Waals surface area contributed by atoms with Crippen molar-refractivity contribution in [2.75, 3.05) is 23.0 Å². The standard InChI is InChI=1S/C15H20O4S4/c1-9-4-12(20-5-10-7-22-14(16)18-10)2-3-13(9)21-6-11-8-23-15(17)19-11/h2-4,9-11,13,15,17H,5-8H2,1H3. The first-order valence-electron chi connectivity index (χ1n) is 7.53. The summed E-state index contributed by atoms with van der Waals surface area (Å²) in [5.74, 6) is 3.84. The zero-order valence-electron chi connectivity index (χ0n) is 12.8. The van der Waals surface area contributed by atoms with E-state index in [0.29, 0.717) is 11.2 Å². The fraction of sp³-hybridized carbons (Fsp3) is 0.667. The summed E-state index contributed by atoms with van der Waals surface area (Å²) >= 11 is 6.37. The van der Waals surface area contributed by atoms with Gasteiger partial charge in [0.1, 0.15) is 6.10 Å². The average Bonchev–Trinajstić information content (AvgIpc) is 3.12. The maximum absolute atomic E-state index is 11.1. The van der Waals surface area contributed by atoms with Crippen LogP contribution in [0.1, 0.15) is 6.92 Å². The molecule has 8 heteroatoms. The van der Waals surface area contributed by atoms with Gasteiger partial charge in [0.2, 0.25) is 5.62 Å². The zero-order valence-corrected chi connectivity index (χ0v) is 16.0. The van der Waals surface area contributed by atoms with Crippen molar-refractivity contribution >= 4 is 52.3 Å². The molecule has 0 bridgehead atoms. The molecule has 128 valence electrons. The predicted molar refractivity (Wildman–Crippen MR) is 101 cm³/mol. The first kappa shape index (κ1) is 18.1. The summed E-state index contributed by atoms with van der Waals surface area (Å²) in [5.41, 5.74) is -0.648. The summed E-state index contributed by atoms with van der Waals surface area (Å²) in [6.45, 7) is 2.23. The number of aliphatic hydroxyl groups excluding tert-OH is 1. The number of cyclic esters (lactones) is 1. The molecular weight excluding hydrogens is 372 g/mol. The zero-order chi connectivity index (χ0) is 16.2. The van der Waals surface area contributed by atoms with E-state index in [0.717, 1.165) is 23.0 Å². The van der Waals surface area contributed by atoms with Crippen LogP contribution in [-0.4, -0.2) is 56.5 Å². The van der Waals surface area contributed by atoms with Gasteiger partial charge in [-0.1, -0.05) is 36.9 Å². The van der Waals surface area contributed by atoms with Gasteiger partial charge in [0.25, 0.3) is 0 Å². The largest absolute Gasteiger partial charge is 0.452 e. The average molecular weight is 393 g/mol. The number of hydrogen-bond donors (Lipinski definition) is 1. The van der Waals surface area contributed by atoms with E-state index in [4.69, 9.17) is 9.47 Å². The molecule has 4 nitrogen and oxygen atoms in total. The number of rotatable bonds is 6. The lowest BCUT2D eigenvalue weighted by molar-refractivity contribution is -0.0459. The van der Waals surface area contributed by atoms with Crippen LogP contribution in [0.2, 0.25) is 0 Å². The Morgan fingerprint density at radius 3 is 2.87 bits per heavy atom. The summed E-state index contributed by atoms with van der Waals surface area (Å²) < 4.78 is 10.6. The van der Waals surface area contributed by atoms with Crippen LogP contribution in [0.25, 0.3) is 0 Å². The Balaban J connectivity index is 1.40. The maximum atomic E-state index is 11.1. The van der Waals surface area contributed by atoms with Crippen molar-refractivity contribution < 1.29 is 19.4 Å². The molecule has 0 aromatic rings. The molecule has 1 aliphatic carbocycles. The third-order valence-electron chi connectivity index (χ3n) is 3.69. The molecule has 5 unspecified atom stereocenters. The number of carbonyl (C=O) groups excluding carboxylic acids is 1. The van der Waals surface area contributed by atoms with Gasteiger partial charge in [-0.15, -0.1) is 11.8 Å². The quantitative estimate of drug-likeness (QED) is 0.689. The van der Waals surface area contributed by atoms with Gasteiger partial charge < -0.3 is 14.6 Å². The lowest BCUT2D eigenvalue weighted by Crippen LogP contribution is -2.20. The number of thioether (sulfide) groups is 4. The molecular formula is C15H20O4S4. The van der Waals surface area contributed by atoms with Gasteiger partial charge in [-0.05, 0) is 17.7 Å². The van der Waals surface area contributed by atoms with Crippen molar-refractivity contribution in [3.8, 4) is 0 Å². The molecule has 3 aliphatic rings. The van der Waals surface area contributed by atoms with E-state index in [1.165, 1.54) is 28.4 Å². The van der Waals surface area contributed by atoms with Gasteiger partial charge in [-0.3, -0.25) is 0 Å². The van der Waals surface area contributed by atoms with E-state index in [1.807, 2.05) is 11.8 Å². The monoisotopic (exact) mass is 392 g/mol. The second-order valence-electron chi connectivity index (χ2n) is 5.60. The second-order valence-corrected chi connectivity index (χ2v) is 9.93. The minimum Gasteiger partial charge on any atom is -0.452 e. The highest BCUT2D eigenvalue weighted by molar-refractivity contribution is 8.13. The summed E-state index contributed by atoms with van der Waals surface area (Å²) in [7, 11) is 0. The lowest BCUT2D eigenvalue weighted by atomic mass is 10.0. The van der Waals surface area contributed by atoms with Crippen molar-refractivity contribution in [1.82, 2.24) is 0 Å². The SMILES string of the molecule is CC1C=C(SCC2CSC(=O)O2)C=CC1SCC1CSC(O)O1. The summed E-state index contributed by atoms with van der Waals surface area (Å²) in [4.78, 5) is 12.3. The van der Waals surface area contributed by atoms with Gasteiger partial charge in [0.15, 0.2) is 0 Å². The van der Waals surface area contributed by atoms with Crippen LogP contribution in [0.5, 0.6) is 0 Å². The third kappa shape index (κ3) is 5.37. The van der Waals surface area contributed by atoms with Gasteiger partial charge in [-0.2, -0.15) is 11.8 Å². The predicted octanol–water partition coefficient (Wildman–Crippen LogP) is 3.57. The highest BCUT2D eigenvalue weighted by atomic mass is 32.2. The Labute approximate surface area is 153 Å². The number of ether oxygens (including phenoxy) is 2. The van der Waals surface area contributed by atoms with Crippen molar-refractivity contribution in [3.05, 3.63) is 23.1 Å². The van der Waals surface area contributed by atoms with Crippen LogP contribution in [0.15, 0.2) is 23.1 Å². The molecule has 2 aliphatic heterocycles. The smallest absolute Gasteiger partial charge is 0.367 e. The minimum atomic E-state index is -0.648. The van der Waals surface area contributed by atoms with E-state index in [9.17, 15) is 9.90 Å². The highest BCUT2D eigenvalue weighted by Crippen LogP contribution is 2.35. The van der Waals surface area contributed by atoms with Crippen molar-refractivity contribution in [2.24, 2.45) is 5.92 Å². The first-order chi connectivity index (χ1) is 11.1. The molecule has 2 fully saturated rings.